The standard InChI is InChI=1S/C5H6Cl2/c1-5(4-7)2-3-6/h2-3H,1,4H2/b3-2+. The highest BCUT2D eigenvalue weighted by molar-refractivity contribution is 6.25. The number of hydrogen-bond donors (Lipinski definition) is 0. The Labute approximate surface area is 53.4 Å². The molecule has 0 fully saturated rings. The van der Waals surface area contributed by atoms with E-state index in [4.69, 9.17) is 23.2 Å². The number of rotatable bonds is 2. The summed E-state index contributed by atoms with van der Waals surface area (Å²) >= 11 is 10.5. The third-order valence-electron chi connectivity index (χ3n) is 0.470. The van der Waals surface area contributed by atoms with Crippen LogP contribution in [0.5, 0.6) is 0 Å². The van der Waals surface area contributed by atoms with Gasteiger partial charge in [-0.05, 0) is 11.6 Å². The molecule has 0 amide bonds. The second-order valence-corrected chi connectivity index (χ2v) is 1.60. The monoisotopic (exact) mass is 136 g/mol. The first-order valence-electron chi connectivity index (χ1n) is 1.81. The Balaban J connectivity index is 3.37. The van der Waals surface area contributed by atoms with Gasteiger partial charge in [0, 0.05) is 11.4 Å². The van der Waals surface area contributed by atoms with Gasteiger partial charge in [-0.15, -0.1) is 11.6 Å². The number of halogens is 2. The summed E-state index contributed by atoms with van der Waals surface area (Å²) in [7, 11) is 0. The first-order valence-corrected chi connectivity index (χ1v) is 2.79. The molecule has 0 bridgehead atoms. The fourth-order valence-corrected chi connectivity index (χ4v) is 0.401. The molecule has 2 heteroatoms. The second kappa shape index (κ2) is 4.23. The van der Waals surface area contributed by atoms with E-state index in [1.807, 2.05) is 0 Å². The summed E-state index contributed by atoms with van der Waals surface area (Å²) in [4.78, 5) is 0. The molecule has 0 atom stereocenters. The molecule has 0 N–H and O–H groups in total. The quantitative estimate of drug-likeness (QED) is 0.405. The Morgan fingerprint density at radius 2 is 2.29 bits per heavy atom. The molecular formula is C5H6Cl2. The van der Waals surface area contributed by atoms with Gasteiger partial charge in [0.05, 0.1) is 0 Å². The lowest BCUT2D eigenvalue weighted by Crippen LogP contribution is -1.70. The largest absolute Gasteiger partial charge is 0.122 e. The van der Waals surface area contributed by atoms with Gasteiger partial charge in [-0.1, -0.05) is 18.2 Å². The summed E-state index contributed by atoms with van der Waals surface area (Å²) in [6.07, 6.45) is 1.66. The van der Waals surface area contributed by atoms with Gasteiger partial charge in [0.2, 0.25) is 0 Å². The molecule has 0 aromatic rings. The predicted molar refractivity (Wildman–Crippen MR) is 34.9 cm³/mol. The first kappa shape index (κ1) is 7.06. The van der Waals surface area contributed by atoms with Crippen molar-refractivity contribution in [2.45, 2.75) is 0 Å². The summed E-state index contributed by atoms with van der Waals surface area (Å²) < 4.78 is 0. The van der Waals surface area contributed by atoms with Crippen molar-refractivity contribution in [3.63, 3.8) is 0 Å². The first-order chi connectivity index (χ1) is 3.31. The van der Waals surface area contributed by atoms with Crippen LogP contribution in [0.15, 0.2) is 23.8 Å². The lowest BCUT2D eigenvalue weighted by molar-refractivity contribution is 1.58. The van der Waals surface area contributed by atoms with Crippen molar-refractivity contribution in [3.8, 4) is 0 Å². The minimum atomic E-state index is 0.448. The Morgan fingerprint density at radius 3 is 2.43 bits per heavy atom. The summed E-state index contributed by atoms with van der Waals surface area (Å²) in [5.41, 5.74) is 2.22. The molecule has 0 saturated heterocycles. The molecule has 7 heavy (non-hydrogen) atoms. The molecule has 0 nitrogen and oxygen atoms in total. The number of hydrogen-bond acceptors (Lipinski definition) is 0. The van der Waals surface area contributed by atoms with Gasteiger partial charge in [-0.25, -0.2) is 0 Å². The van der Waals surface area contributed by atoms with E-state index in [0.717, 1.165) is 5.57 Å². The normalized spacial score (nSPS) is 10.0. The Kier molecular flexibility index (Phi) is 4.26. The van der Waals surface area contributed by atoms with Crippen LogP contribution in [0.2, 0.25) is 0 Å². The fraction of sp³-hybridized carbons (Fsp3) is 0.200. The molecule has 0 unspecified atom stereocenters. The number of allylic oxidation sites excluding steroid dienone is 2. The van der Waals surface area contributed by atoms with E-state index in [-0.39, 0.29) is 0 Å². The van der Waals surface area contributed by atoms with E-state index in [0.29, 0.717) is 5.88 Å². The van der Waals surface area contributed by atoms with E-state index < -0.39 is 0 Å². The van der Waals surface area contributed by atoms with E-state index in [1.54, 1.807) is 6.08 Å². The van der Waals surface area contributed by atoms with Gasteiger partial charge >= 0.3 is 0 Å². The van der Waals surface area contributed by atoms with Crippen LogP contribution in [0.3, 0.4) is 0 Å². The molecule has 0 aromatic carbocycles. The zero-order valence-electron chi connectivity index (χ0n) is 3.82. The maximum Gasteiger partial charge on any atom is 0.0468 e. The summed E-state index contributed by atoms with van der Waals surface area (Å²) in [6.45, 7) is 3.56. The third-order valence-corrected chi connectivity index (χ3v) is 0.940. The molecule has 0 aliphatic rings. The minimum absolute atomic E-state index is 0.448. The smallest absolute Gasteiger partial charge is 0.0468 e. The van der Waals surface area contributed by atoms with E-state index in [9.17, 15) is 0 Å². The van der Waals surface area contributed by atoms with Gasteiger partial charge in [-0.3, -0.25) is 0 Å². The van der Waals surface area contributed by atoms with Crippen molar-refractivity contribution >= 4 is 23.2 Å². The van der Waals surface area contributed by atoms with Crippen molar-refractivity contribution in [1.82, 2.24) is 0 Å². The van der Waals surface area contributed by atoms with Crippen molar-refractivity contribution in [3.05, 3.63) is 23.8 Å². The molecule has 0 spiro atoms. The molecule has 0 heterocycles. The third kappa shape index (κ3) is 3.90. The van der Waals surface area contributed by atoms with Crippen LogP contribution in [0.1, 0.15) is 0 Å². The van der Waals surface area contributed by atoms with Gasteiger partial charge in [-0.2, -0.15) is 0 Å². The molecule has 0 aromatic heterocycles. The highest BCUT2D eigenvalue weighted by Gasteiger charge is 1.77. The van der Waals surface area contributed by atoms with E-state index >= 15 is 0 Å². The van der Waals surface area contributed by atoms with Crippen molar-refractivity contribution in [2.75, 3.05) is 5.88 Å². The molecule has 0 rings (SSSR count). The average molecular weight is 137 g/mol. The molecule has 0 aliphatic heterocycles. The van der Waals surface area contributed by atoms with Crippen LogP contribution in [-0.4, -0.2) is 5.88 Å². The zero-order valence-corrected chi connectivity index (χ0v) is 5.34. The lowest BCUT2D eigenvalue weighted by Gasteiger charge is -1.83. The molecular weight excluding hydrogens is 131 g/mol. The van der Waals surface area contributed by atoms with Gasteiger partial charge in [0.1, 0.15) is 0 Å². The van der Waals surface area contributed by atoms with E-state index in [2.05, 4.69) is 6.58 Å². The molecule has 40 valence electrons. The summed E-state index contributed by atoms with van der Waals surface area (Å²) in [6, 6.07) is 0. The van der Waals surface area contributed by atoms with Gasteiger partial charge in [0.15, 0.2) is 0 Å². The maximum atomic E-state index is 5.32. The summed E-state index contributed by atoms with van der Waals surface area (Å²) in [5, 5.41) is 0. The Bertz CT molecular complexity index is 84.1. The number of alkyl halides is 1. The maximum absolute atomic E-state index is 5.32. The fourth-order valence-electron chi connectivity index (χ4n) is 0.134. The zero-order chi connectivity index (χ0) is 5.70. The molecule has 0 saturated carbocycles. The predicted octanol–water partition coefficient (Wildman–Crippen LogP) is 2.53. The Hall–Kier alpha value is 0.0600. The van der Waals surface area contributed by atoms with Crippen LogP contribution in [0.25, 0.3) is 0 Å². The van der Waals surface area contributed by atoms with Crippen LogP contribution in [0.4, 0.5) is 0 Å². The van der Waals surface area contributed by atoms with Crippen molar-refractivity contribution in [2.24, 2.45) is 0 Å². The van der Waals surface area contributed by atoms with Gasteiger partial charge in [0.25, 0.3) is 0 Å². The van der Waals surface area contributed by atoms with Crippen molar-refractivity contribution in [1.29, 1.82) is 0 Å². The molecule has 0 radical (unpaired) electrons. The van der Waals surface area contributed by atoms with E-state index in [1.165, 1.54) is 5.54 Å². The second-order valence-electron chi connectivity index (χ2n) is 1.08. The molecule has 0 aliphatic carbocycles. The minimum Gasteiger partial charge on any atom is -0.122 e. The highest BCUT2D eigenvalue weighted by atomic mass is 35.5. The van der Waals surface area contributed by atoms with Crippen molar-refractivity contribution < 1.29 is 0 Å². The SMILES string of the molecule is C=C(/C=C/Cl)CCl. The Morgan fingerprint density at radius 1 is 1.71 bits per heavy atom. The topological polar surface area (TPSA) is 0 Å². The highest BCUT2D eigenvalue weighted by Crippen LogP contribution is 1.95. The van der Waals surface area contributed by atoms with Gasteiger partial charge < -0.3 is 0 Å². The lowest BCUT2D eigenvalue weighted by atomic mass is 10.4. The average Bonchev–Trinajstić information content (AvgIpc) is 1.68. The summed E-state index contributed by atoms with van der Waals surface area (Å²) in [5.74, 6) is 0.448. The van der Waals surface area contributed by atoms with Crippen LogP contribution in [-0.2, 0) is 0 Å². The van der Waals surface area contributed by atoms with Crippen LogP contribution < -0.4 is 0 Å². The van der Waals surface area contributed by atoms with Crippen LogP contribution >= 0.6 is 23.2 Å². The van der Waals surface area contributed by atoms with Crippen LogP contribution in [0, 0.1) is 0 Å².